The summed E-state index contributed by atoms with van der Waals surface area (Å²) in [6, 6.07) is 0. The minimum Gasteiger partial charge on any atom is -0.384 e. The molecule has 4 heteroatoms. The quantitative estimate of drug-likeness (QED) is 0.404. The summed E-state index contributed by atoms with van der Waals surface area (Å²) < 4.78 is 5.00. The van der Waals surface area contributed by atoms with Crippen molar-refractivity contribution < 1.29 is 20.7 Å². The second-order valence-electron chi connectivity index (χ2n) is 3.60. The Labute approximate surface area is 66.0 Å². The smallest absolute Gasteiger partial charge is 0.161 e. The Morgan fingerprint density at radius 2 is 2.09 bits per heavy atom. The average Bonchev–Trinajstić information content (AvgIpc) is 1.81. The first-order valence-electron chi connectivity index (χ1n) is 3.80. The number of quaternary nitrogens is 1. The Morgan fingerprint density at radius 1 is 1.55 bits per heavy atom. The molecule has 0 aromatic heterocycles. The topological polar surface area (TPSA) is 77.3 Å². The molecule has 0 bridgehead atoms. The molecular weight excluding hydrogens is 146 g/mol. The molecule has 1 aliphatic rings. The Bertz CT molecular complexity index is 149. The Balaban J connectivity index is 2.67. The summed E-state index contributed by atoms with van der Waals surface area (Å²) in [5, 5.41) is 18.7. The van der Waals surface area contributed by atoms with Crippen molar-refractivity contribution in [2.24, 2.45) is 0 Å². The fourth-order valence-electron chi connectivity index (χ4n) is 1.46. The molecule has 0 spiro atoms. The lowest BCUT2D eigenvalue weighted by Gasteiger charge is -2.38. The molecule has 0 aromatic carbocycles. The van der Waals surface area contributed by atoms with Crippen LogP contribution in [0.1, 0.15) is 20.3 Å². The van der Waals surface area contributed by atoms with Crippen LogP contribution in [0.5, 0.6) is 0 Å². The molecular formula is C7H16NO3+. The predicted molar refractivity (Wildman–Crippen MR) is 38.5 cm³/mol. The Hall–Kier alpha value is -0.160. The highest BCUT2D eigenvalue weighted by molar-refractivity contribution is 4.88. The van der Waals surface area contributed by atoms with Crippen LogP contribution < -0.4 is 5.73 Å². The minimum absolute atomic E-state index is 0.332. The zero-order valence-electron chi connectivity index (χ0n) is 6.95. The first kappa shape index (κ1) is 8.93. The molecule has 0 unspecified atom stereocenters. The van der Waals surface area contributed by atoms with Crippen molar-refractivity contribution in [2.45, 2.75) is 44.3 Å². The van der Waals surface area contributed by atoms with Crippen LogP contribution in [-0.2, 0) is 4.74 Å². The monoisotopic (exact) mass is 162 g/mol. The lowest BCUT2D eigenvalue weighted by atomic mass is 9.86. The summed E-state index contributed by atoms with van der Waals surface area (Å²) in [5.41, 5.74) is 3.33. The van der Waals surface area contributed by atoms with Gasteiger partial charge in [-0.2, -0.15) is 0 Å². The van der Waals surface area contributed by atoms with Crippen molar-refractivity contribution in [3.63, 3.8) is 0 Å². The molecule has 66 valence electrons. The molecule has 5 N–H and O–H groups in total. The van der Waals surface area contributed by atoms with Gasteiger partial charge in [0.25, 0.3) is 0 Å². The summed E-state index contributed by atoms with van der Waals surface area (Å²) >= 11 is 0. The van der Waals surface area contributed by atoms with Crippen molar-refractivity contribution in [2.75, 3.05) is 0 Å². The van der Waals surface area contributed by atoms with Gasteiger partial charge in [0.2, 0.25) is 0 Å². The summed E-state index contributed by atoms with van der Waals surface area (Å²) in [6.45, 7) is 3.55. The average molecular weight is 162 g/mol. The number of rotatable bonds is 0. The molecule has 0 radical (unpaired) electrons. The van der Waals surface area contributed by atoms with Crippen LogP contribution in [-0.4, -0.2) is 34.2 Å². The second-order valence-corrected chi connectivity index (χ2v) is 3.60. The standard InChI is InChI=1S/C7H15NO3/c1-4-6(10)7(2,8)3-5(9)11-4/h4-6,9-10H,3,8H2,1-2H3/p+1/t4-,5+,6-,7-/m0/s1. The van der Waals surface area contributed by atoms with Crippen LogP contribution in [0.25, 0.3) is 0 Å². The number of hydrogen-bond donors (Lipinski definition) is 3. The maximum Gasteiger partial charge on any atom is 0.161 e. The van der Waals surface area contributed by atoms with Crippen LogP contribution in [0.3, 0.4) is 0 Å². The van der Waals surface area contributed by atoms with Gasteiger partial charge in [0.15, 0.2) is 6.29 Å². The molecule has 1 fully saturated rings. The van der Waals surface area contributed by atoms with Gasteiger partial charge in [-0.15, -0.1) is 0 Å². The van der Waals surface area contributed by atoms with Gasteiger partial charge in [-0.25, -0.2) is 0 Å². The second kappa shape index (κ2) is 2.71. The molecule has 1 aliphatic heterocycles. The van der Waals surface area contributed by atoms with Gasteiger partial charge in [0.05, 0.1) is 12.5 Å². The summed E-state index contributed by atoms with van der Waals surface area (Å²) in [7, 11) is 0. The van der Waals surface area contributed by atoms with Crippen LogP contribution in [0.4, 0.5) is 0 Å². The molecule has 11 heavy (non-hydrogen) atoms. The third-order valence-corrected chi connectivity index (χ3v) is 2.17. The lowest BCUT2D eigenvalue weighted by Crippen LogP contribution is -2.80. The van der Waals surface area contributed by atoms with E-state index >= 15 is 0 Å². The summed E-state index contributed by atoms with van der Waals surface area (Å²) in [5.74, 6) is 0. The molecule has 1 saturated heterocycles. The molecule has 0 aromatic rings. The van der Waals surface area contributed by atoms with E-state index < -0.39 is 17.9 Å². The number of hydrogen-bond acceptors (Lipinski definition) is 3. The highest BCUT2D eigenvalue weighted by Gasteiger charge is 2.44. The maximum atomic E-state index is 9.52. The highest BCUT2D eigenvalue weighted by Crippen LogP contribution is 2.23. The van der Waals surface area contributed by atoms with Gasteiger partial charge >= 0.3 is 0 Å². The van der Waals surface area contributed by atoms with E-state index in [0.29, 0.717) is 6.42 Å². The Morgan fingerprint density at radius 3 is 2.55 bits per heavy atom. The lowest BCUT2D eigenvalue weighted by molar-refractivity contribution is -0.515. The van der Waals surface area contributed by atoms with E-state index in [4.69, 9.17) is 9.84 Å². The van der Waals surface area contributed by atoms with Gasteiger partial charge in [-0.05, 0) is 13.8 Å². The zero-order chi connectivity index (χ0) is 8.65. The molecule has 0 aliphatic carbocycles. The van der Waals surface area contributed by atoms with Crippen molar-refractivity contribution in [3.8, 4) is 0 Å². The van der Waals surface area contributed by atoms with Crippen molar-refractivity contribution in [1.82, 2.24) is 0 Å². The molecule has 4 nitrogen and oxygen atoms in total. The van der Waals surface area contributed by atoms with E-state index in [0.717, 1.165) is 0 Å². The molecule has 1 rings (SSSR count). The predicted octanol–water partition coefficient (Wildman–Crippen LogP) is -1.52. The molecule has 0 amide bonds. The van der Waals surface area contributed by atoms with Crippen LogP contribution in [0.15, 0.2) is 0 Å². The largest absolute Gasteiger partial charge is 0.384 e. The van der Waals surface area contributed by atoms with Gasteiger partial charge < -0.3 is 20.7 Å². The number of ether oxygens (including phenoxy) is 1. The van der Waals surface area contributed by atoms with Gasteiger partial charge in [0.1, 0.15) is 11.6 Å². The summed E-state index contributed by atoms with van der Waals surface area (Å²) in [4.78, 5) is 0. The van der Waals surface area contributed by atoms with Gasteiger partial charge in [-0.1, -0.05) is 0 Å². The SMILES string of the molecule is C[C@@H]1O[C@@H](O)C[C@](C)([NH3+])[C@H]1O. The van der Waals surface area contributed by atoms with E-state index in [9.17, 15) is 5.11 Å². The third kappa shape index (κ3) is 1.70. The molecule has 0 saturated carbocycles. The van der Waals surface area contributed by atoms with Crippen LogP contribution in [0.2, 0.25) is 0 Å². The van der Waals surface area contributed by atoms with Crippen molar-refractivity contribution >= 4 is 0 Å². The van der Waals surface area contributed by atoms with Crippen LogP contribution >= 0.6 is 0 Å². The summed E-state index contributed by atoms with van der Waals surface area (Å²) in [6.07, 6.45) is -1.32. The zero-order valence-corrected chi connectivity index (χ0v) is 6.95. The van der Waals surface area contributed by atoms with Crippen molar-refractivity contribution in [3.05, 3.63) is 0 Å². The van der Waals surface area contributed by atoms with Gasteiger partial charge in [-0.3, -0.25) is 0 Å². The van der Waals surface area contributed by atoms with E-state index in [1.807, 2.05) is 6.92 Å². The fourth-order valence-corrected chi connectivity index (χ4v) is 1.46. The molecule has 1 heterocycles. The Kier molecular flexibility index (Phi) is 2.20. The van der Waals surface area contributed by atoms with Crippen molar-refractivity contribution in [1.29, 1.82) is 0 Å². The number of aliphatic hydroxyl groups is 2. The minimum atomic E-state index is -0.782. The van der Waals surface area contributed by atoms with Gasteiger partial charge in [0, 0.05) is 0 Å². The fraction of sp³-hybridized carbons (Fsp3) is 1.00. The van der Waals surface area contributed by atoms with Crippen LogP contribution in [0, 0.1) is 0 Å². The first-order chi connectivity index (χ1) is 4.93. The maximum absolute atomic E-state index is 9.52. The van der Waals surface area contributed by atoms with E-state index in [-0.39, 0.29) is 6.10 Å². The third-order valence-electron chi connectivity index (χ3n) is 2.17. The first-order valence-corrected chi connectivity index (χ1v) is 3.80. The highest BCUT2D eigenvalue weighted by atomic mass is 16.6. The van der Waals surface area contributed by atoms with E-state index in [1.54, 1.807) is 6.92 Å². The van der Waals surface area contributed by atoms with E-state index in [1.165, 1.54) is 0 Å². The normalized spacial score (nSPS) is 52.6. The van der Waals surface area contributed by atoms with E-state index in [2.05, 4.69) is 5.73 Å². The number of aliphatic hydroxyl groups excluding tert-OH is 2. The molecule has 4 atom stereocenters.